The number of carbonyl (C=O) groups is 2. The van der Waals surface area contributed by atoms with E-state index in [1.54, 1.807) is 33.0 Å². The summed E-state index contributed by atoms with van der Waals surface area (Å²) < 4.78 is 1.48. The van der Waals surface area contributed by atoms with Crippen molar-refractivity contribution in [2.75, 3.05) is 0 Å². The number of carboxylic acid groups (broad SMARTS) is 1. The number of rotatable bonds is 6. The van der Waals surface area contributed by atoms with Crippen LogP contribution in [0.5, 0.6) is 0 Å². The topological polar surface area (TPSA) is 84.2 Å². The average molecular weight is 364 g/mol. The fraction of sp³-hybridized carbons (Fsp3) is 0.389. The Balaban J connectivity index is 2.08. The van der Waals surface area contributed by atoms with Crippen molar-refractivity contribution >= 4 is 23.5 Å². The maximum Gasteiger partial charge on any atom is 0.313 e. The molecule has 0 bridgehead atoms. The Kier molecular flexibility index (Phi) is 5.52. The molecule has 25 heavy (non-hydrogen) atoms. The molecule has 2 N–H and O–H groups in total. The third-order valence-electron chi connectivity index (χ3n) is 4.27. The van der Waals surface area contributed by atoms with E-state index in [0.717, 1.165) is 5.56 Å². The number of aryl methyl sites for hydroxylation is 2. The van der Waals surface area contributed by atoms with E-state index in [4.69, 9.17) is 11.6 Å². The van der Waals surface area contributed by atoms with Crippen LogP contribution in [0, 0.1) is 0 Å². The van der Waals surface area contributed by atoms with Gasteiger partial charge in [-0.3, -0.25) is 14.3 Å². The third kappa shape index (κ3) is 3.85. The molecule has 2 rings (SSSR count). The lowest BCUT2D eigenvalue weighted by atomic mass is 9.84. The minimum absolute atomic E-state index is 0.297. The fourth-order valence-electron chi connectivity index (χ4n) is 2.46. The normalized spacial score (nSPS) is 11.4. The van der Waals surface area contributed by atoms with Gasteiger partial charge in [-0.05, 0) is 31.4 Å². The highest BCUT2D eigenvalue weighted by Crippen LogP contribution is 2.24. The maximum atomic E-state index is 12.4. The van der Waals surface area contributed by atoms with Gasteiger partial charge in [-0.15, -0.1) is 0 Å². The molecule has 0 fully saturated rings. The molecule has 0 aliphatic carbocycles. The first-order valence-corrected chi connectivity index (χ1v) is 8.38. The Morgan fingerprint density at radius 1 is 1.28 bits per heavy atom. The highest BCUT2D eigenvalue weighted by atomic mass is 35.5. The first-order valence-electron chi connectivity index (χ1n) is 8.00. The third-order valence-corrected chi connectivity index (χ3v) is 4.67. The van der Waals surface area contributed by atoms with E-state index in [1.807, 2.05) is 19.1 Å². The van der Waals surface area contributed by atoms with Crippen LogP contribution in [-0.4, -0.2) is 26.8 Å². The Bertz CT molecular complexity index is 795. The van der Waals surface area contributed by atoms with Gasteiger partial charge in [0.25, 0.3) is 5.91 Å². The average Bonchev–Trinajstić information content (AvgIpc) is 2.86. The molecule has 0 aliphatic rings. The first-order chi connectivity index (χ1) is 11.7. The number of nitrogens with zero attached hydrogens (tertiary/aromatic N) is 2. The number of aliphatic carboxylic acids is 1. The van der Waals surface area contributed by atoms with E-state index < -0.39 is 11.4 Å². The number of benzene rings is 1. The van der Waals surface area contributed by atoms with Gasteiger partial charge in [-0.25, -0.2) is 0 Å². The quantitative estimate of drug-likeness (QED) is 0.826. The lowest BCUT2D eigenvalue weighted by molar-refractivity contribution is -0.142. The summed E-state index contributed by atoms with van der Waals surface area (Å²) in [6, 6.07) is 7.15. The van der Waals surface area contributed by atoms with E-state index in [1.165, 1.54) is 4.68 Å². The number of aromatic nitrogens is 2. The largest absolute Gasteiger partial charge is 0.481 e. The Morgan fingerprint density at radius 3 is 2.36 bits per heavy atom. The summed E-state index contributed by atoms with van der Waals surface area (Å²) in [6.07, 6.45) is 0.654. The summed E-state index contributed by atoms with van der Waals surface area (Å²) in [5.74, 6) is -1.18. The molecule has 134 valence electrons. The van der Waals surface area contributed by atoms with Gasteiger partial charge in [0.05, 0.1) is 16.1 Å². The zero-order valence-electron chi connectivity index (χ0n) is 14.8. The molecule has 6 nitrogen and oxygen atoms in total. The van der Waals surface area contributed by atoms with Crippen LogP contribution in [0.25, 0.3) is 0 Å². The summed E-state index contributed by atoms with van der Waals surface area (Å²) in [4.78, 5) is 23.7. The number of halogens is 1. The standard InChI is InChI=1S/C18H22ClN3O3/c1-5-13-14(19)15(22(4)21-13)16(23)20-10-11-6-8-12(9-7-11)18(2,3)17(24)25/h6-9H,5,10H2,1-4H3,(H,20,23)(H,24,25). The molecular weight excluding hydrogens is 342 g/mol. The number of hydrogen-bond donors (Lipinski definition) is 2. The number of carbonyl (C=O) groups excluding carboxylic acids is 1. The second kappa shape index (κ2) is 7.27. The van der Waals surface area contributed by atoms with E-state index in [9.17, 15) is 14.7 Å². The molecule has 1 amide bonds. The van der Waals surface area contributed by atoms with Gasteiger partial charge in [-0.1, -0.05) is 42.8 Å². The summed E-state index contributed by atoms with van der Waals surface area (Å²) in [5.41, 5.74) is 1.64. The zero-order chi connectivity index (χ0) is 18.8. The Hall–Kier alpha value is -2.34. The van der Waals surface area contributed by atoms with E-state index in [-0.39, 0.29) is 5.91 Å². The van der Waals surface area contributed by atoms with Gasteiger partial charge < -0.3 is 10.4 Å². The van der Waals surface area contributed by atoms with Gasteiger partial charge in [0.15, 0.2) is 0 Å². The molecule has 0 atom stereocenters. The molecule has 0 saturated heterocycles. The molecule has 7 heteroatoms. The predicted octanol–water partition coefficient (Wildman–Crippen LogP) is 2.93. The van der Waals surface area contributed by atoms with Gasteiger partial charge in [0.2, 0.25) is 0 Å². The van der Waals surface area contributed by atoms with Gasteiger partial charge in [-0.2, -0.15) is 5.10 Å². The summed E-state index contributed by atoms with van der Waals surface area (Å²) >= 11 is 6.21. The highest BCUT2D eigenvalue weighted by Gasteiger charge is 2.29. The predicted molar refractivity (Wildman–Crippen MR) is 95.9 cm³/mol. The molecule has 0 radical (unpaired) electrons. The van der Waals surface area contributed by atoms with Crippen LogP contribution < -0.4 is 5.32 Å². The summed E-state index contributed by atoms with van der Waals surface area (Å²) in [5, 5.41) is 16.7. The maximum absolute atomic E-state index is 12.4. The van der Waals surface area contributed by atoms with E-state index in [0.29, 0.717) is 34.9 Å². The molecule has 0 spiro atoms. The minimum atomic E-state index is -0.958. The van der Waals surface area contributed by atoms with Gasteiger partial charge in [0.1, 0.15) is 5.69 Å². The SMILES string of the molecule is CCc1nn(C)c(C(=O)NCc2ccc(C(C)(C)C(=O)O)cc2)c1Cl. The van der Waals surface area contributed by atoms with Crippen molar-refractivity contribution in [1.82, 2.24) is 15.1 Å². The van der Waals surface area contributed by atoms with Crippen molar-refractivity contribution in [3.63, 3.8) is 0 Å². The van der Waals surface area contributed by atoms with Crippen molar-refractivity contribution in [3.8, 4) is 0 Å². The molecule has 0 saturated carbocycles. The van der Waals surface area contributed by atoms with Crippen LogP contribution in [0.15, 0.2) is 24.3 Å². The molecule has 1 heterocycles. The van der Waals surface area contributed by atoms with Crippen LogP contribution in [-0.2, 0) is 30.2 Å². The Labute approximate surface area is 151 Å². The van der Waals surface area contributed by atoms with Crippen molar-refractivity contribution in [2.24, 2.45) is 7.05 Å². The summed E-state index contributed by atoms with van der Waals surface area (Å²) in [6.45, 7) is 5.55. The van der Waals surface area contributed by atoms with E-state index in [2.05, 4.69) is 10.4 Å². The fourth-order valence-corrected chi connectivity index (χ4v) is 2.83. The first kappa shape index (κ1) is 19.0. The van der Waals surface area contributed by atoms with Crippen LogP contribution in [0.2, 0.25) is 5.02 Å². The molecule has 1 aromatic heterocycles. The van der Waals surface area contributed by atoms with E-state index >= 15 is 0 Å². The lowest BCUT2D eigenvalue weighted by Gasteiger charge is -2.19. The van der Waals surface area contributed by atoms with Gasteiger partial charge in [0, 0.05) is 13.6 Å². The monoisotopic (exact) mass is 363 g/mol. The number of hydrogen-bond acceptors (Lipinski definition) is 3. The van der Waals surface area contributed by atoms with Crippen molar-refractivity contribution in [2.45, 2.75) is 39.2 Å². The molecule has 0 aliphatic heterocycles. The van der Waals surface area contributed by atoms with Crippen molar-refractivity contribution < 1.29 is 14.7 Å². The van der Waals surface area contributed by atoms with Crippen molar-refractivity contribution in [1.29, 1.82) is 0 Å². The summed E-state index contributed by atoms with van der Waals surface area (Å²) in [7, 11) is 1.68. The second-order valence-corrected chi connectivity index (χ2v) is 6.77. The highest BCUT2D eigenvalue weighted by molar-refractivity contribution is 6.34. The number of nitrogens with one attached hydrogen (secondary N) is 1. The zero-order valence-corrected chi connectivity index (χ0v) is 15.5. The van der Waals surface area contributed by atoms with Crippen LogP contribution in [0.3, 0.4) is 0 Å². The molecule has 2 aromatic rings. The lowest BCUT2D eigenvalue weighted by Crippen LogP contribution is -2.28. The second-order valence-electron chi connectivity index (χ2n) is 6.40. The number of carboxylic acids is 1. The number of amides is 1. The van der Waals surface area contributed by atoms with Crippen molar-refractivity contribution in [3.05, 3.63) is 51.8 Å². The van der Waals surface area contributed by atoms with Crippen LogP contribution in [0.1, 0.15) is 48.1 Å². The molecule has 1 aromatic carbocycles. The van der Waals surface area contributed by atoms with Gasteiger partial charge >= 0.3 is 5.97 Å². The molecule has 0 unspecified atom stereocenters. The minimum Gasteiger partial charge on any atom is -0.481 e. The van der Waals surface area contributed by atoms with Crippen LogP contribution >= 0.6 is 11.6 Å². The Morgan fingerprint density at radius 2 is 1.88 bits per heavy atom. The smallest absolute Gasteiger partial charge is 0.313 e. The van der Waals surface area contributed by atoms with Crippen LogP contribution in [0.4, 0.5) is 0 Å². The molecular formula is C18H22ClN3O3.